The molecule has 2 saturated heterocycles. The Balaban J connectivity index is 1.85. The molecule has 1 spiro atoms. The highest BCUT2D eigenvalue weighted by Crippen LogP contribution is 2.63. The first-order valence-electron chi connectivity index (χ1n) is 11.5. The minimum absolute atomic E-state index is 0.120. The van der Waals surface area contributed by atoms with E-state index >= 15 is 0 Å². The van der Waals surface area contributed by atoms with Gasteiger partial charge in [0.2, 0.25) is 5.41 Å². The SMILES string of the molecule is CC1(C)OC(=O)C2(C(=O)O1)[C@@H](c1ccccc1)[C@H](C(=O)C(C)(C)C)N1N=Cc3ccccc3[C@@H]12. The zero-order valence-electron chi connectivity index (χ0n) is 19.9. The van der Waals surface area contributed by atoms with Gasteiger partial charge < -0.3 is 9.47 Å². The zero-order chi connectivity index (χ0) is 24.5. The molecule has 5 rings (SSSR count). The lowest BCUT2D eigenvalue weighted by Crippen LogP contribution is -2.58. The summed E-state index contributed by atoms with van der Waals surface area (Å²) in [6.07, 6.45) is 1.68. The van der Waals surface area contributed by atoms with Crippen molar-refractivity contribution < 1.29 is 23.9 Å². The van der Waals surface area contributed by atoms with Gasteiger partial charge in [-0.05, 0) is 16.7 Å². The van der Waals surface area contributed by atoms with Crippen molar-refractivity contribution in [3.8, 4) is 0 Å². The van der Waals surface area contributed by atoms with E-state index in [0.717, 1.165) is 11.1 Å². The largest absolute Gasteiger partial charge is 0.422 e. The minimum Gasteiger partial charge on any atom is -0.422 e. The molecule has 3 atom stereocenters. The molecule has 0 radical (unpaired) electrons. The molecule has 176 valence electrons. The van der Waals surface area contributed by atoms with Gasteiger partial charge in [-0.25, -0.2) is 0 Å². The van der Waals surface area contributed by atoms with Gasteiger partial charge in [-0.15, -0.1) is 0 Å². The fourth-order valence-corrected chi connectivity index (χ4v) is 5.49. The van der Waals surface area contributed by atoms with Crippen molar-refractivity contribution in [1.29, 1.82) is 0 Å². The van der Waals surface area contributed by atoms with Crippen molar-refractivity contribution in [2.24, 2.45) is 15.9 Å². The second-order valence-electron chi connectivity index (χ2n) is 10.7. The molecule has 3 aliphatic heterocycles. The second kappa shape index (κ2) is 7.26. The van der Waals surface area contributed by atoms with E-state index in [1.807, 2.05) is 75.4 Å². The van der Waals surface area contributed by atoms with Gasteiger partial charge in [0.1, 0.15) is 12.1 Å². The third-order valence-electron chi connectivity index (χ3n) is 6.93. The van der Waals surface area contributed by atoms with Crippen molar-refractivity contribution in [2.75, 3.05) is 0 Å². The molecule has 0 amide bonds. The Morgan fingerprint density at radius 1 is 0.941 bits per heavy atom. The number of hydrogen-bond donors (Lipinski definition) is 0. The Morgan fingerprint density at radius 3 is 2.15 bits per heavy atom. The van der Waals surface area contributed by atoms with E-state index in [4.69, 9.17) is 9.47 Å². The number of fused-ring (bicyclic) bond motifs is 4. The Morgan fingerprint density at radius 2 is 1.53 bits per heavy atom. The van der Waals surface area contributed by atoms with Crippen LogP contribution in [0.2, 0.25) is 0 Å². The fourth-order valence-electron chi connectivity index (χ4n) is 5.49. The summed E-state index contributed by atoms with van der Waals surface area (Å²) in [7, 11) is 0. The summed E-state index contributed by atoms with van der Waals surface area (Å²) in [5.74, 6) is -3.79. The average molecular weight is 461 g/mol. The van der Waals surface area contributed by atoms with Gasteiger partial charge in [-0.3, -0.25) is 19.4 Å². The molecule has 34 heavy (non-hydrogen) atoms. The third kappa shape index (κ3) is 3.02. The molecular formula is C27H28N2O5. The number of rotatable bonds is 2. The van der Waals surface area contributed by atoms with Crippen molar-refractivity contribution in [2.45, 2.75) is 58.4 Å². The predicted octanol–water partition coefficient (Wildman–Crippen LogP) is 3.98. The molecule has 7 heteroatoms. The maximum Gasteiger partial charge on any atom is 0.330 e. The van der Waals surface area contributed by atoms with E-state index < -0.39 is 46.6 Å². The van der Waals surface area contributed by atoms with Crippen molar-refractivity contribution in [3.05, 3.63) is 71.3 Å². The standard InChI is InChI=1S/C27H28N2O5/c1-25(2,3)22(30)20-19(16-11-7-6-8-12-16)27(23(31)33-26(4,5)34-24(27)32)21-18-14-10-9-13-17(18)15-28-29(20)21/h6-15,19-21H,1-5H3/t19-,20+,21+/m0/s1. The molecule has 2 aromatic rings. The van der Waals surface area contributed by atoms with E-state index in [-0.39, 0.29) is 5.78 Å². The van der Waals surface area contributed by atoms with E-state index in [1.165, 1.54) is 13.8 Å². The van der Waals surface area contributed by atoms with E-state index in [2.05, 4.69) is 5.10 Å². The van der Waals surface area contributed by atoms with Crippen LogP contribution in [0.1, 0.15) is 63.3 Å². The molecule has 7 nitrogen and oxygen atoms in total. The first-order valence-corrected chi connectivity index (χ1v) is 11.5. The molecule has 3 aliphatic rings. The summed E-state index contributed by atoms with van der Waals surface area (Å²) in [6.45, 7) is 8.56. The number of ether oxygens (including phenoxy) is 2. The number of nitrogens with zero attached hydrogens (tertiary/aromatic N) is 2. The monoisotopic (exact) mass is 460 g/mol. The fraction of sp³-hybridized carbons (Fsp3) is 0.407. The molecule has 2 aromatic carbocycles. The van der Waals surface area contributed by atoms with Crippen LogP contribution >= 0.6 is 0 Å². The minimum atomic E-state index is -1.81. The first-order chi connectivity index (χ1) is 16.0. The molecule has 2 fully saturated rings. The number of esters is 2. The number of hydrogen-bond acceptors (Lipinski definition) is 7. The van der Waals surface area contributed by atoms with Crippen molar-refractivity contribution in [3.63, 3.8) is 0 Å². The Kier molecular flexibility index (Phi) is 4.76. The molecular weight excluding hydrogens is 432 g/mol. The molecule has 0 N–H and O–H groups in total. The van der Waals surface area contributed by atoms with Crippen LogP contribution in [0, 0.1) is 10.8 Å². The quantitative estimate of drug-likeness (QED) is 0.498. The van der Waals surface area contributed by atoms with Gasteiger partial charge >= 0.3 is 11.9 Å². The molecule has 0 bridgehead atoms. The van der Waals surface area contributed by atoms with Crippen LogP contribution in [0.25, 0.3) is 0 Å². The predicted molar refractivity (Wildman–Crippen MR) is 125 cm³/mol. The van der Waals surface area contributed by atoms with Gasteiger partial charge in [0.05, 0.1) is 6.21 Å². The number of hydrazone groups is 1. The Labute approximate surface area is 198 Å². The zero-order valence-corrected chi connectivity index (χ0v) is 19.9. The number of carbonyl (C=O) groups excluding carboxylic acids is 3. The number of cyclic esters (lactones) is 2. The molecule has 0 saturated carbocycles. The molecule has 3 heterocycles. The average Bonchev–Trinajstić information content (AvgIpc) is 3.09. The maximum absolute atomic E-state index is 14.0. The van der Waals surface area contributed by atoms with Gasteiger partial charge in [-0.2, -0.15) is 5.10 Å². The van der Waals surface area contributed by atoms with Crippen LogP contribution in [-0.4, -0.2) is 40.8 Å². The molecule has 0 unspecified atom stereocenters. The number of ketones is 1. The van der Waals surface area contributed by atoms with Crippen LogP contribution in [-0.2, 0) is 23.9 Å². The van der Waals surface area contributed by atoms with E-state index in [1.54, 1.807) is 11.2 Å². The lowest BCUT2D eigenvalue weighted by Gasteiger charge is -2.44. The lowest BCUT2D eigenvalue weighted by molar-refractivity contribution is -0.254. The topological polar surface area (TPSA) is 85.3 Å². The summed E-state index contributed by atoms with van der Waals surface area (Å²) in [5, 5.41) is 6.28. The molecule has 0 aromatic heterocycles. The van der Waals surface area contributed by atoms with E-state index in [9.17, 15) is 14.4 Å². The van der Waals surface area contributed by atoms with Crippen LogP contribution in [0.5, 0.6) is 0 Å². The van der Waals surface area contributed by atoms with Crippen LogP contribution in [0.15, 0.2) is 59.7 Å². The van der Waals surface area contributed by atoms with Crippen LogP contribution in [0.4, 0.5) is 0 Å². The van der Waals surface area contributed by atoms with Crippen molar-refractivity contribution in [1.82, 2.24) is 5.01 Å². The maximum atomic E-state index is 14.0. The van der Waals surface area contributed by atoms with E-state index in [0.29, 0.717) is 5.56 Å². The summed E-state index contributed by atoms with van der Waals surface area (Å²) in [5.41, 5.74) is -0.362. The second-order valence-corrected chi connectivity index (χ2v) is 10.7. The Bertz CT molecular complexity index is 1190. The highest BCUT2D eigenvalue weighted by Gasteiger charge is 2.75. The summed E-state index contributed by atoms with van der Waals surface area (Å²) < 4.78 is 11.5. The van der Waals surface area contributed by atoms with Crippen LogP contribution in [0.3, 0.4) is 0 Å². The van der Waals surface area contributed by atoms with Gasteiger partial charge in [-0.1, -0.05) is 75.4 Å². The number of benzene rings is 2. The summed E-state index contributed by atoms with van der Waals surface area (Å²) in [4.78, 5) is 42.0. The smallest absolute Gasteiger partial charge is 0.330 e. The Hall–Kier alpha value is -3.48. The van der Waals surface area contributed by atoms with Gasteiger partial charge in [0.15, 0.2) is 5.78 Å². The first kappa shape index (κ1) is 22.3. The van der Waals surface area contributed by atoms with Gasteiger partial charge in [0.25, 0.3) is 5.79 Å². The molecule has 0 aliphatic carbocycles. The van der Waals surface area contributed by atoms with Crippen LogP contribution < -0.4 is 0 Å². The normalized spacial score (nSPS) is 26.5. The summed E-state index contributed by atoms with van der Waals surface area (Å²) in [6, 6.07) is 14.9. The van der Waals surface area contributed by atoms with Crippen molar-refractivity contribution >= 4 is 23.9 Å². The highest BCUT2D eigenvalue weighted by atomic mass is 16.7. The van der Waals surface area contributed by atoms with Gasteiger partial charge in [0, 0.05) is 25.2 Å². The lowest BCUT2D eigenvalue weighted by atomic mass is 9.64. The summed E-state index contributed by atoms with van der Waals surface area (Å²) >= 11 is 0. The third-order valence-corrected chi connectivity index (χ3v) is 6.93. The highest BCUT2D eigenvalue weighted by molar-refractivity contribution is 6.07. The number of carbonyl (C=O) groups is 3. The number of Topliss-reactive ketones (excluding diaryl/α,β-unsaturated/α-hetero) is 1.